The number of hydrogen-bond acceptors (Lipinski definition) is 9. The van der Waals surface area contributed by atoms with Crippen molar-refractivity contribution in [3.8, 4) is 0 Å². The molecule has 0 amide bonds. The fourth-order valence-corrected chi connectivity index (χ4v) is 3.86. The number of nitrogens with zero attached hydrogens (tertiary/aromatic N) is 5. The van der Waals surface area contributed by atoms with Gasteiger partial charge in [0.2, 0.25) is 11.9 Å². The molecule has 3 heterocycles. The van der Waals surface area contributed by atoms with Gasteiger partial charge in [0.1, 0.15) is 22.0 Å². The van der Waals surface area contributed by atoms with Crippen molar-refractivity contribution < 1.29 is 0 Å². The first-order valence-electron chi connectivity index (χ1n) is 7.41. The molecule has 0 bridgehead atoms. The standard InChI is InChI=1S/C16H13N7S2/c17-15-21-12(22-16(23-15)20-10-4-2-1-3-5-10)8-25-14-11-6-7-24-13(11)18-9-19-14/h1-7,9H,8H2,(H3,17,20,21,22,23). The van der Waals surface area contributed by atoms with E-state index in [1.54, 1.807) is 29.4 Å². The van der Waals surface area contributed by atoms with Crippen LogP contribution in [0.1, 0.15) is 5.82 Å². The first-order valence-corrected chi connectivity index (χ1v) is 9.28. The van der Waals surface area contributed by atoms with Gasteiger partial charge in [-0.1, -0.05) is 30.0 Å². The van der Waals surface area contributed by atoms with E-state index in [0.29, 0.717) is 17.5 Å². The summed E-state index contributed by atoms with van der Waals surface area (Å²) in [6.45, 7) is 0. The van der Waals surface area contributed by atoms with Gasteiger partial charge in [-0.25, -0.2) is 9.97 Å². The number of para-hydroxylation sites is 1. The molecule has 3 N–H and O–H groups in total. The summed E-state index contributed by atoms with van der Waals surface area (Å²) in [6, 6.07) is 11.7. The average Bonchev–Trinajstić information content (AvgIpc) is 3.10. The molecule has 0 radical (unpaired) electrons. The van der Waals surface area contributed by atoms with E-state index in [0.717, 1.165) is 20.9 Å². The maximum atomic E-state index is 5.82. The first-order chi connectivity index (χ1) is 12.3. The average molecular weight is 367 g/mol. The van der Waals surface area contributed by atoms with Crippen LogP contribution in [0.15, 0.2) is 53.1 Å². The molecule has 9 heteroatoms. The van der Waals surface area contributed by atoms with Crippen LogP contribution in [0.5, 0.6) is 0 Å². The number of anilines is 3. The molecule has 0 unspecified atom stereocenters. The zero-order chi connectivity index (χ0) is 17.1. The lowest BCUT2D eigenvalue weighted by atomic mass is 10.3. The first kappa shape index (κ1) is 15.7. The van der Waals surface area contributed by atoms with Crippen LogP contribution in [0.4, 0.5) is 17.6 Å². The van der Waals surface area contributed by atoms with E-state index in [2.05, 4.69) is 30.2 Å². The molecule has 4 rings (SSSR count). The number of hydrogen-bond donors (Lipinski definition) is 2. The lowest BCUT2D eigenvalue weighted by Gasteiger charge is -2.07. The number of thioether (sulfide) groups is 1. The Morgan fingerprint density at radius 1 is 1.04 bits per heavy atom. The summed E-state index contributed by atoms with van der Waals surface area (Å²) in [5.74, 6) is 1.75. The van der Waals surface area contributed by atoms with E-state index >= 15 is 0 Å². The van der Waals surface area contributed by atoms with E-state index in [9.17, 15) is 0 Å². The Morgan fingerprint density at radius 2 is 1.92 bits per heavy atom. The molecule has 0 aliphatic carbocycles. The van der Waals surface area contributed by atoms with Gasteiger partial charge >= 0.3 is 0 Å². The quantitative estimate of drug-likeness (QED) is 0.408. The van der Waals surface area contributed by atoms with E-state index < -0.39 is 0 Å². The Labute approximate surface area is 151 Å². The molecule has 1 aromatic carbocycles. The Morgan fingerprint density at radius 3 is 2.80 bits per heavy atom. The topological polar surface area (TPSA) is 102 Å². The van der Waals surface area contributed by atoms with Crippen LogP contribution in [0.2, 0.25) is 0 Å². The molecule has 0 saturated carbocycles. The van der Waals surface area contributed by atoms with Crippen LogP contribution in [0.25, 0.3) is 10.2 Å². The summed E-state index contributed by atoms with van der Waals surface area (Å²) >= 11 is 3.14. The molecule has 0 saturated heterocycles. The van der Waals surface area contributed by atoms with Gasteiger partial charge in [0.25, 0.3) is 0 Å². The van der Waals surface area contributed by atoms with Gasteiger partial charge in [-0.2, -0.15) is 15.0 Å². The molecular formula is C16H13N7S2. The van der Waals surface area contributed by atoms with Crippen molar-refractivity contribution >= 4 is 50.9 Å². The summed E-state index contributed by atoms with van der Waals surface area (Å²) in [7, 11) is 0. The zero-order valence-corrected chi connectivity index (χ0v) is 14.6. The monoisotopic (exact) mass is 367 g/mol. The fourth-order valence-electron chi connectivity index (χ4n) is 2.22. The Balaban J connectivity index is 1.53. The van der Waals surface area contributed by atoms with Crippen molar-refractivity contribution in [3.05, 3.63) is 53.9 Å². The molecule has 0 aliphatic heterocycles. The summed E-state index contributed by atoms with van der Waals surface area (Å²) < 4.78 is 0. The summed E-state index contributed by atoms with van der Waals surface area (Å²) in [6.07, 6.45) is 1.57. The Bertz CT molecular complexity index is 1000. The lowest BCUT2D eigenvalue weighted by Crippen LogP contribution is -2.06. The SMILES string of the molecule is Nc1nc(CSc2ncnc3sccc23)nc(Nc2ccccc2)n1. The second-order valence-corrected chi connectivity index (χ2v) is 6.89. The number of aromatic nitrogens is 5. The normalized spacial score (nSPS) is 10.9. The lowest BCUT2D eigenvalue weighted by molar-refractivity contribution is 0.979. The second-order valence-electron chi connectivity index (χ2n) is 5.03. The van der Waals surface area contributed by atoms with Crippen molar-refractivity contribution in [2.75, 3.05) is 11.1 Å². The molecule has 0 aliphatic rings. The van der Waals surface area contributed by atoms with Crippen LogP contribution in [-0.2, 0) is 5.75 Å². The van der Waals surface area contributed by atoms with Crippen molar-refractivity contribution in [2.45, 2.75) is 10.8 Å². The molecule has 4 aromatic rings. The largest absolute Gasteiger partial charge is 0.368 e. The third-order valence-corrected chi connectivity index (χ3v) is 5.11. The van der Waals surface area contributed by atoms with E-state index in [1.807, 2.05) is 41.8 Å². The van der Waals surface area contributed by atoms with E-state index in [4.69, 9.17) is 5.73 Å². The molecule has 124 valence electrons. The smallest absolute Gasteiger partial charge is 0.232 e. The molecule has 0 fully saturated rings. The van der Waals surface area contributed by atoms with Crippen LogP contribution in [0, 0.1) is 0 Å². The molecule has 7 nitrogen and oxygen atoms in total. The molecular weight excluding hydrogens is 354 g/mol. The molecule has 3 aromatic heterocycles. The number of nitrogen functional groups attached to an aromatic ring is 1. The van der Waals surface area contributed by atoms with Crippen LogP contribution in [0.3, 0.4) is 0 Å². The highest BCUT2D eigenvalue weighted by Crippen LogP contribution is 2.29. The van der Waals surface area contributed by atoms with Gasteiger partial charge in [-0.15, -0.1) is 11.3 Å². The maximum absolute atomic E-state index is 5.82. The number of thiophene rings is 1. The minimum Gasteiger partial charge on any atom is -0.368 e. The van der Waals surface area contributed by atoms with E-state index in [1.165, 1.54) is 0 Å². The highest BCUT2D eigenvalue weighted by Gasteiger charge is 2.09. The molecule has 0 spiro atoms. The van der Waals surface area contributed by atoms with Gasteiger partial charge in [0.05, 0.1) is 5.75 Å². The van der Waals surface area contributed by atoms with Gasteiger partial charge in [0.15, 0.2) is 0 Å². The van der Waals surface area contributed by atoms with Crippen LogP contribution in [-0.4, -0.2) is 24.9 Å². The van der Waals surface area contributed by atoms with Crippen LogP contribution >= 0.6 is 23.1 Å². The summed E-state index contributed by atoms with van der Waals surface area (Å²) in [5.41, 5.74) is 6.71. The Hall–Kier alpha value is -2.78. The number of benzene rings is 1. The fraction of sp³-hybridized carbons (Fsp3) is 0.0625. The predicted octanol–water partition coefficient (Wildman–Crippen LogP) is 3.49. The van der Waals surface area contributed by atoms with Gasteiger partial charge in [-0.05, 0) is 23.6 Å². The van der Waals surface area contributed by atoms with Crippen molar-refractivity contribution in [1.29, 1.82) is 0 Å². The summed E-state index contributed by atoms with van der Waals surface area (Å²) in [4.78, 5) is 22.4. The van der Waals surface area contributed by atoms with Crippen molar-refractivity contribution in [2.24, 2.45) is 0 Å². The summed E-state index contributed by atoms with van der Waals surface area (Å²) in [5, 5.41) is 7.09. The van der Waals surface area contributed by atoms with Crippen molar-refractivity contribution in [3.63, 3.8) is 0 Å². The molecule has 0 atom stereocenters. The maximum Gasteiger partial charge on any atom is 0.232 e. The third kappa shape index (κ3) is 3.67. The zero-order valence-electron chi connectivity index (χ0n) is 13.0. The number of nitrogens with one attached hydrogen (secondary N) is 1. The minimum absolute atomic E-state index is 0.187. The van der Waals surface area contributed by atoms with Gasteiger partial charge < -0.3 is 11.1 Å². The second kappa shape index (κ2) is 6.99. The van der Waals surface area contributed by atoms with Gasteiger partial charge in [0, 0.05) is 11.1 Å². The van der Waals surface area contributed by atoms with Crippen LogP contribution < -0.4 is 11.1 Å². The number of rotatable bonds is 5. The predicted molar refractivity (Wildman–Crippen MR) is 101 cm³/mol. The number of nitrogens with two attached hydrogens (primary N) is 1. The highest BCUT2D eigenvalue weighted by atomic mass is 32.2. The third-order valence-electron chi connectivity index (χ3n) is 3.29. The number of fused-ring (bicyclic) bond motifs is 1. The molecule has 25 heavy (non-hydrogen) atoms. The minimum atomic E-state index is 0.187. The van der Waals surface area contributed by atoms with Gasteiger partial charge in [-0.3, -0.25) is 0 Å². The van der Waals surface area contributed by atoms with Crippen molar-refractivity contribution in [1.82, 2.24) is 24.9 Å². The van der Waals surface area contributed by atoms with E-state index in [-0.39, 0.29) is 5.95 Å². The Kier molecular flexibility index (Phi) is 4.40. The highest BCUT2D eigenvalue weighted by molar-refractivity contribution is 7.98.